The largest absolute Gasteiger partial charge is 0.237 e. The lowest BCUT2D eigenvalue weighted by molar-refractivity contribution is 1.37. The van der Waals surface area contributed by atoms with Gasteiger partial charge in [0.2, 0.25) is 0 Å². The summed E-state index contributed by atoms with van der Waals surface area (Å²) in [5.74, 6) is 0. The van der Waals surface area contributed by atoms with Crippen LogP contribution < -0.4 is 0 Å². The zero-order chi connectivity index (χ0) is 14.7. The summed E-state index contributed by atoms with van der Waals surface area (Å²) in [5, 5.41) is 3.12. The van der Waals surface area contributed by atoms with Crippen LogP contribution in [0.25, 0.3) is 23.4 Å². The molecular weight excluding hydrogens is 342 g/mol. The maximum Gasteiger partial charge on any atom is 0.116 e. The van der Waals surface area contributed by atoms with E-state index < -0.39 is 0 Å². The zero-order valence-electron chi connectivity index (χ0n) is 11.6. The van der Waals surface area contributed by atoms with E-state index in [-0.39, 0.29) is 0 Å². The fourth-order valence-corrected chi connectivity index (χ4v) is 3.13. The van der Waals surface area contributed by atoms with E-state index in [9.17, 15) is 0 Å². The van der Waals surface area contributed by atoms with Crippen molar-refractivity contribution in [2.75, 3.05) is 0 Å². The fraction of sp³-hybridized carbons (Fsp3) is 0.0556. The second-order valence-electron chi connectivity index (χ2n) is 4.79. The van der Waals surface area contributed by atoms with Crippen LogP contribution in [0.15, 0.2) is 58.4 Å². The second kappa shape index (κ2) is 6.37. The number of benzene rings is 2. The van der Waals surface area contributed by atoms with Crippen LogP contribution in [0, 0.1) is 6.92 Å². The minimum absolute atomic E-state index is 1.02. The summed E-state index contributed by atoms with van der Waals surface area (Å²) >= 11 is 5.21. The van der Waals surface area contributed by atoms with Crippen molar-refractivity contribution < 1.29 is 0 Å². The number of halogens is 1. The van der Waals surface area contributed by atoms with E-state index in [4.69, 9.17) is 0 Å². The molecule has 0 spiro atoms. The van der Waals surface area contributed by atoms with Gasteiger partial charge in [-0.05, 0) is 24.6 Å². The van der Waals surface area contributed by atoms with Crippen molar-refractivity contribution >= 4 is 39.4 Å². The SMILES string of the molecule is Cc1ccc(-c2csc(C=Cc3ccccc3Br)n2)cc1. The molecule has 0 N–H and O–H groups in total. The Morgan fingerprint density at radius 1 is 1.00 bits per heavy atom. The van der Waals surface area contributed by atoms with Gasteiger partial charge in [-0.15, -0.1) is 11.3 Å². The molecule has 0 fully saturated rings. The van der Waals surface area contributed by atoms with Gasteiger partial charge in [0.05, 0.1) is 5.69 Å². The highest BCUT2D eigenvalue weighted by atomic mass is 79.9. The topological polar surface area (TPSA) is 12.9 Å². The van der Waals surface area contributed by atoms with Crippen LogP contribution in [0.5, 0.6) is 0 Å². The molecule has 1 heterocycles. The minimum atomic E-state index is 1.02. The summed E-state index contributed by atoms with van der Waals surface area (Å²) in [4.78, 5) is 4.67. The van der Waals surface area contributed by atoms with Gasteiger partial charge in [0.25, 0.3) is 0 Å². The van der Waals surface area contributed by atoms with Gasteiger partial charge in [-0.1, -0.05) is 70.0 Å². The third kappa shape index (κ3) is 3.49. The molecular formula is C18H14BrNS. The highest BCUT2D eigenvalue weighted by Crippen LogP contribution is 2.24. The number of aryl methyl sites for hydroxylation is 1. The number of rotatable bonds is 3. The molecule has 2 aromatic carbocycles. The molecule has 3 heteroatoms. The first-order valence-electron chi connectivity index (χ1n) is 6.67. The summed E-state index contributed by atoms with van der Waals surface area (Å²) in [6.07, 6.45) is 4.14. The molecule has 3 rings (SSSR count). The Morgan fingerprint density at radius 2 is 1.76 bits per heavy atom. The normalized spacial score (nSPS) is 11.1. The Balaban J connectivity index is 1.82. The Morgan fingerprint density at radius 3 is 2.52 bits per heavy atom. The van der Waals surface area contributed by atoms with Crippen LogP contribution in [-0.2, 0) is 0 Å². The summed E-state index contributed by atoms with van der Waals surface area (Å²) in [5.41, 5.74) is 4.62. The Bertz CT molecular complexity index is 772. The third-order valence-electron chi connectivity index (χ3n) is 3.18. The summed E-state index contributed by atoms with van der Waals surface area (Å²) in [7, 11) is 0. The van der Waals surface area contributed by atoms with E-state index in [0.29, 0.717) is 0 Å². The minimum Gasteiger partial charge on any atom is -0.237 e. The maximum absolute atomic E-state index is 4.67. The summed E-state index contributed by atoms with van der Waals surface area (Å²) < 4.78 is 1.09. The first-order chi connectivity index (χ1) is 10.2. The quantitative estimate of drug-likeness (QED) is 0.557. The predicted octanol–water partition coefficient (Wildman–Crippen LogP) is 6.05. The molecule has 0 radical (unpaired) electrons. The van der Waals surface area contributed by atoms with Gasteiger partial charge < -0.3 is 0 Å². The van der Waals surface area contributed by atoms with Gasteiger partial charge >= 0.3 is 0 Å². The highest BCUT2D eigenvalue weighted by Gasteiger charge is 2.02. The lowest BCUT2D eigenvalue weighted by Gasteiger charge is -1.97. The molecule has 21 heavy (non-hydrogen) atoms. The number of hydrogen-bond donors (Lipinski definition) is 0. The lowest BCUT2D eigenvalue weighted by Crippen LogP contribution is -1.79. The van der Waals surface area contributed by atoms with Crippen molar-refractivity contribution in [2.45, 2.75) is 6.92 Å². The predicted molar refractivity (Wildman–Crippen MR) is 95.4 cm³/mol. The van der Waals surface area contributed by atoms with Crippen molar-refractivity contribution in [1.82, 2.24) is 4.98 Å². The molecule has 0 bridgehead atoms. The van der Waals surface area contributed by atoms with Crippen molar-refractivity contribution in [3.8, 4) is 11.3 Å². The molecule has 0 aliphatic carbocycles. The van der Waals surface area contributed by atoms with Crippen LogP contribution in [0.4, 0.5) is 0 Å². The molecule has 0 saturated carbocycles. The molecule has 3 aromatic rings. The molecule has 0 aliphatic heterocycles. The molecule has 0 atom stereocenters. The zero-order valence-corrected chi connectivity index (χ0v) is 14.0. The molecule has 0 unspecified atom stereocenters. The van der Waals surface area contributed by atoms with Gasteiger partial charge in [-0.2, -0.15) is 0 Å². The monoisotopic (exact) mass is 355 g/mol. The molecule has 0 aliphatic rings. The van der Waals surface area contributed by atoms with Crippen LogP contribution in [0.3, 0.4) is 0 Å². The smallest absolute Gasteiger partial charge is 0.116 e. The third-order valence-corrected chi connectivity index (χ3v) is 4.71. The van der Waals surface area contributed by atoms with E-state index in [2.05, 4.69) is 75.7 Å². The van der Waals surface area contributed by atoms with Crippen molar-refractivity contribution in [1.29, 1.82) is 0 Å². The molecule has 1 nitrogen and oxygen atoms in total. The van der Waals surface area contributed by atoms with Crippen LogP contribution in [0.1, 0.15) is 16.1 Å². The maximum atomic E-state index is 4.67. The van der Waals surface area contributed by atoms with Crippen LogP contribution in [0.2, 0.25) is 0 Å². The standard InChI is InChI=1S/C18H14BrNS/c1-13-6-8-15(9-7-13)17-12-21-18(20-17)11-10-14-4-2-3-5-16(14)19/h2-12H,1H3. The highest BCUT2D eigenvalue weighted by molar-refractivity contribution is 9.10. The number of aromatic nitrogens is 1. The number of thiazole rings is 1. The molecule has 0 amide bonds. The Hall–Kier alpha value is -1.71. The lowest BCUT2D eigenvalue weighted by atomic mass is 10.1. The van der Waals surface area contributed by atoms with Gasteiger partial charge in [-0.25, -0.2) is 4.98 Å². The van der Waals surface area contributed by atoms with E-state index in [1.54, 1.807) is 11.3 Å². The van der Waals surface area contributed by atoms with E-state index in [1.807, 2.05) is 18.2 Å². The average molecular weight is 356 g/mol. The number of hydrogen-bond acceptors (Lipinski definition) is 2. The fourth-order valence-electron chi connectivity index (χ4n) is 1.99. The Kier molecular flexibility index (Phi) is 4.32. The average Bonchev–Trinajstić information content (AvgIpc) is 2.96. The van der Waals surface area contributed by atoms with Gasteiger partial charge in [0.15, 0.2) is 0 Å². The summed E-state index contributed by atoms with van der Waals surface area (Å²) in [6, 6.07) is 16.6. The van der Waals surface area contributed by atoms with E-state index in [0.717, 1.165) is 26.3 Å². The van der Waals surface area contributed by atoms with E-state index in [1.165, 1.54) is 5.56 Å². The Labute approximate surface area is 137 Å². The van der Waals surface area contributed by atoms with Crippen LogP contribution >= 0.6 is 27.3 Å². The van der Waals surface area contributed by atoms with Gasteiger partial charge in [0, 0.05) is 15.4 Å². The van der Waals surface area contributed by atoms with Crippen molar-refractivity contribution in [3.05, 3.63) is 74.5 Å². The van der Waals surface area contributed by atoms with Crippen molar-refractivity contribution in [2.24, 2.45) is 0 Å². The first-order valence-corrected chi connectivity index (χ1v) is 8.35. The number of nitrogens with zero attached hydrogens (tertiary/aromatic N) is 1. The second-order valence-corrected chi connectivity index (χ2v) is 6.54. The van der Waals surface area contributed by atoms with Crippen LogP contribution in [-0.4, -0.2) is 4.98 Å². The summed E-state index contributed by atoms with van der Waals surface area (Å²) in [6.45, 7) is 2.09. The van der Waals surface area contributed by atoms with Gasteiger partial charge in [0.1, 0.15) is 5.01 Å². The van der Waals surface area contributed by atoms with Crippen molar-refractivity contribution in [3.63, 3.8) is 0 Å². The molecule has 0 saturated heterocycles. The van der Waals surface area contributed by atoms with E-state index >= 15 is 0 Å². The first kappa shape index (κ1) is 14.2. The van der Waals surface area contributed by atoms with Gasteiger partial charge in [-0.3, -0.25) is 0 Å². The molecule has 104 valence electrons. The molecule has 1 aromatic heterocycles.